The van der Waals surface area contributed by atoms with Gasteiger partial charge in [-0.3, -0.25) is 5.41 Å². The maximum atomic E-state index is 7.94. The quantitative estimate of drug-likeness (QED) is 0.117. The van der Waals surface area contributed by atoms with Crippen LogP contribution in [0.1, 0.15) is 49.6 Å². The number of hydrogen-bond acceptors (Lipinski definition) is 4. The molecule has 0 bridgehead atoms. The smallest absolute Gasteiger partial charge is 0.213 e. The summed E-state index contributed by atoms with van der Waals surface area (Å²) in [5.41, 5.74) is 5.25. The number of H-pyrrole nitrogens is 1. The van der Waals surface area contributed by atoms with Crippen LogP contribution in [0.2, 0.25) is 0 Å². The Morgan fingerprint density at radius 2 is 1.67 bits per heavy atom. The molecule has 1 aromatic heterocycles. The van der Waals surface area contributed by atoms with Crippen molar-refractivity contribution in [2.75, 3.05) is 36.4 Å². The molecule has 0 aliphatic rings. The standard InChI is InChI=1S/C26H34Cl2N4O/c1-2-33-26(29)21-11-14-23-24(19-21)31-25(30-23)8-6-4-3-5-7-20-9-12-22(13-10-20)32(17-15-27)18-16-28/h9-14,19,29H,2-8,15-18H2,1H3,(H,30,31). The second-order valence-corrected chi connectivity index (χ2v) is 8.88. The van der Waals surface area contributed by atoms with E-state index >= 15 is 0 Å². The van der Waals surface area contributed by atoms with Crippen LogP contribution in [-0.4, -0.2) is 47.3 Å². The minimum Gasteiger partial charge on any atom is -0.478 e. The first-order valence-electron chi connectivity index (χ1n) is 11.8. The second kappa shape index (κ2) is 13.5. The third-order valence-electron chi connectivity index (χ3n) is 5.72. The summed E-state index contributed by atoms with van der Waals surface area (Å²) in [5.74, 6) is 2.42. The summed E-state index contributed by atoms with van der Waals surface area (Å²) in [6.07, 6.45) is 6.75. The highest BCUT2D eigenvalue weighted by atomic mass is 35.5. The molecule has 0 radical (unpaired) electrons. The van der Waals surface area contributed by atoms with Crippen LogP contribution in [0.15, 0.2) is 42.5 Å². The fourth-order valence-electron chi connectivity index (χ4n) is 3.97. The molecule has 0 aliphatic heterocycles. The number of imidazole rings is 1. The minimum absolute atomic E-state index is 0.202. The summed E-state index contributed by atoms with van der Waals surface area (Å²) < 4.78 is 5.29. The van der Waals surface area contributed by atoms with Crippen molar-refractivity contribution in [1.82, 2.24) is 9.97 Å². The van der Waals surface area contributed by atoms with Gasteiger partial charge in [0.1, 0.15) is 5.82 Å². The number of fused-ring (bicyclic) bond motifs is 1. The average Bonchev–Trinajstić information content (AvgIpc) is 3.24. The molecular weight excluding hydrogens is 455 g/mol. The third kappa shape index (κ3) is 7.65. The van der Waals surface area contributed by atoms with E-state index in [0.717, 1.165) is 54.8 Å². The van der Waals surface area contributed by atoms with Gasteiger partial charge in [0, 0.05) is 42.5 Å². The van der Waals surface area contributed by atoms with E-state index in [0.29, 0.717) is 18.4 Å². The molecule has 0 saturated heterocycles. The lowest BCUT2D eigenvalue weighted by Gasteiger charge is -2.23. The number of unbranched alkanes of at least 4 members (excludes halogenated alkanes) is 3. The van der Waals surface area contributed by atoms with Crippen molar-refractivity contribution in [2.24, 2.45) is 0 Å². The van der Waals surface area contributed by atoms with Gasteiger partial charge >= 0.3 is 0 Å². The monoisotopic (exact) mass is 488 g/mol. The Kier molecular flexibility index (Phi) is 10.4. The van der Waals surface area contributed by atoms with Crippen molar-refractivity contribution < 1.29 is 4.74 Å². The molecule has 0 spiro atoms. The molecule has 0 amide bonds. The number of rotatable bonds is 14. The highest BCUT2D eigenvalue weighted by molar-refractivity contribution is 6.18. The number of hydrogen-bond donors (Lipinski definition) is 2. The van der Waals surface area contributed by atoms with Crippen LogP contribution in [0, 0.1) is 5.41 Å². The lowest BCUT2D eigenvalue weighted by Crippen LogP contribution is -2.27. The number of ether oxygens (including phenoxy) is 1. The Morgan fingerprint density at radius 3 is 2.33 bits per heavy atom. The molecule has 33 heavy (non-hydrogen) atoms. The normalized spacial score (nSPS) is 11.1. The highest BCUT2D eigenvalue weighted by Gasteiger charge is 2.08. The summed E-state index contributed by atoms with van der Waals surface area (Å²) in [6.45, 7) is 4.02. The molecule has 2 aromatic carbocycles. The van der Waals surface area contributed by atoms with Crippen LogP contribution >= 0.6 is 23.2 Å². The molecule has 0 atom stereocenters. The largest absolute Gasteiger partial charge is 0.478 e. The summed E-state index contributed by atoms with van der Waals surface area (Å²) in [6, 6.07) is 14.6. The van der Waals surface area contributed by atoms with Gasteiger partial charge in [-0.2, -0.15) is 0 Å². The summed E-state index contributed by atoms with van der Waals surface area (Å²) in [7, 11) is 0. The molecule has 3 aromatic rings. The fourth-order valence-corrected chi connectivity index (χ4v) is 4.38. The van der Waals surface area contributed by atoms with E-state index in [4.69, 9.17) is 33.3 Å². The van der Waals surface area contributed by atoms with Crippen LogP contribution in [0.5, 0.6) is 0 Å². The van der Waals surface area contributed by atoms with Gasteiger partial charge in [0.2, 0.25) is 5.90 Å². The van der Waals surface area contributed by atoms with Crippen LogP contribution in [0.25, 0.3) is 11.0 Å². The van der Waals surface area contributed by atoms with E-state index in [9.17, 15) is 0 Å². The zero-order valence-corrected chi connectivity index (χ0v) is 20.9. The van der Waals surface area contributed by atoms with Crippen LogP contribution in [0.3, 0.4) is 0 Å². The lowest BCUT2D eigenvalue weighted by atomic mass is 10.0. The number of halogens is 2. The zero-order chi connectivity index (χ0) is 23.5. The van der Waals surface area contributed by atoms with Crippen molar-refractivity contribution >= 4 is 45.8 Å². The first-order valence-corrected chi connectivity index (χ1v) is 12.9. The molecule has 3 rings (SSSR count). The average molecular weight is 489 g/mol. The van der Waals surface area contributed by atoms with Crippen LogP contribution < -0.4 is 4.90 Å². The first-order chi connectivity index (χ1) is 16.1. The Hall–Kier alpha value is -2.24. The van der Waals surface area contributed by atoms with Crippen molar-refractivity contribution in [2.45, 2.75) is 45.4 Å². The van der Waals surface area contributed by atoms with Crippen molar-refractivity contribution in [3.63, 3.8) is 0 Å². The number of alkyl halides is 2. The molecule has 0 unspecified atom stereocenters. The minimum atomic E-state index is 0.202. The topological polar surface area (TPSA) is 65.0 Å². The van der Waals surface area contributed by atoms with Crippen molar-refractivity contribution in [3.8, 4) is 0 Å². The molecule has 0 aliphatic carbocycles. The Morgan fingerprint density at radius 1 is 0.970 bits per heavy atom. The predicted octanol–water partition coefficient (Wildman–Crippen LogP) is 6.55. The van der Waals surface area contributed by atoms with E-state index in [2.05, 4.69) is 39.1 Å². The zero-order valence-electron chi connectivity index (χ0n) is 19.4. The van der Waals surface area contributed by atoms with Crippen molar-refractivity contribution in [1.29, 1.82) is 5.41 Å². The molecule has 5 nitrogen and oxygen atoms in total. The van der Waals surface area contributed by atoms with E-state index in [1.54, 1.807) is 0 Å². The fraction of sp³-hybridized carbons (Fsp3) is 0.462. The van der Waals surface area contributed by atoms with Crippen LogP contribution in [-0.2, 0) is 17.6 Å². The van der Waals surface area contributed by atoms with Gasteiger partial charge in [0.25, 0.3) is 0 Å². The van der Waals surface area contributed by atoms with Crippen LogP contribution in [0.4, 0.5) is 5.69 Å². The number of anilines is 1. The maximum Gasteiger partial charge on any atom is 0.213 e. The summed E-state index contributed by atoms with van der Waals surface area (Å²) in [4.78, 5) is 10.3. The van der Waals surface area contributed by atoms with Gasteiger partial charge < -0.3 is 14.6 Å². The predicted molar refractivity (Wildman–Crippen MR) is 141 cm³/mol. The first kappa shape index (κ1) is 25.4. The van der Waals surface area contributed by atoms with Gasteiger partial charge in [-0.25, -0.2) is 4.98 Å². The molecule has 178 valence electrons. The molecule has 0 saturated carbocycles. The highest BCUT2D eigenvalue weighted by Crippen LogP contribution is 2.19. The van der Waals surface area contributed by atoms with Gasteiger partial charge in [-0.05, 0) is 62.1 Å². The molecule has 1 heterocycles. The number of nitrogens with zero attached hydrogens (tertiary/aromatic N) is 2. The molecule has 2 N–H and O–H groups in total. The van der Waals surface area contributed by atoms with E-state index in [-0.39, 0.29) is 5.90 Å². The third-order valence-corrected chi connectivity index (χ3v) is 6.06. The number of benzene rings is 2. The van der Waals surface area contributed by atoms with Gasteiger partial charge in [0.15, 0.2) is 0 Å². The second-order valence-electron chi connectivity index (χ2n) is 8.12. The Balaban J connectivity index is 1.39. The van der Waals surface area contributed by atoms with Crippen molar-refractivity contribution in [3.05, 3.63) is 59.4 Å². The number of aryl methyl sites for hydroxylation is 2. The Bertz CT molecular complexity index is 997. The summed E-state index contributed by atoms with van der Waals surface area (Å²) >= 11 is 11.8. The van der Waals surface area contributed by atoms with E-state index < -0.39 is 0 Å². The Labute approximate surface area is 207 Å². The molecule has 0 fully saturated rings. The molecular formula is C26H34Cl2N4O. The maximum absolute atomic E-state index is 7.94. The SMILES string of the molecule is CCOC(=N)c1ccc2nc(CCCCCCc3ccc(N(CCCl)CCCl)cc3)[nH]c2c1. The van der Waals surface area contributed by atoms with Gasteiger partial charge in [-0.15, -0.1) is 23.2 Å². The number of nitrogens with one attached hydrogen (secondary N) is 2. The van der Waals surface area contributed by atoms with Gasteiger partial charge in [-0.1, -0.05) is 25.0 Å². The number of aromatic amines is 1. The van der Waals surface area contributed by atoms with E-state index in [1.807, 2.05) is 25.1 Å². The van der Waals surface area contributed by atoms with E-state index in [1.165, 1.54) is 30.5 Å². The molecule has 7 heteroatoms. The number of aromatic nitrogens is 2. The summed E-state index contributed by atoms with van der Waals surface area (Å²) in [5, 5.41) is 7.94. The van der Waals surface area contributed by atoms with Gasteiger partial charge in [0.05, 0.1) is 17.6 Å². The lowest BCUT2D eigenvalue weighted by molar-refractivity contribution is 0.325.